The Morgan fingerprint density at radius 2 is 1.77 bits per heavy atom. The first-order chi connectivity index (χ1) is 12.4. The molecule has 0 aliphatic carbocycles. The van der Waals surface area contributed by atoms with Gasteiger partial charge in [-0.3, -0.25) is 4.79 Å². The van der Waals surface area contributed by atoms with Crippen LogP contribution in [0, 0.1) is 13.8 Å². The van der Waals surface area contributed by atoms with Crippen molar-refractivity contribution in [2.75, 3.05) is 14.2 Å². The summed E-state index contributed by atoms with van der Waals surface area (Å²) >= 11 is 0. The van der Waals surface area contributed by atoms with Crippen molar-refractivity contribution in [2.24, 2.45) is 0 Å². The van der Waals surface area contributed by atoms with Crippen molar-refractivity contribution in [2.45, 2.75) is 26.3 Å². The van der Waals surface area contributed by atoms with Gasteiger partial charge in [0.1, 0.15) is 0 Å². The van der Waals surface area contributed by atoms with Crippen molar-refractivity contribution in [3.8, 4) is 11.5 Å². The van der Waals surface area contributed by atoms with Crippen molar-refractivity contribution in [3.05, 3.63) is 58.7 Å². The fourth-order valence-electron chi connectivity index (χ4n) is 2.75. The summed E-state index contributed by atoms with van der Waals surface area (Å²) in [5, 5.41) is 12.2. The number of carbonyl (C=O) groups is 2. The molecule has 6 nitrogen and oxygen atoms in total. The van der Waals surface area contributed by atoms with Crippen LogP contribution in [0.25, 0.3) is 0 Å². The van der Waals surface area contributed by atoms with Gasteiger partial charge in [-0.1, -0.05) is 24.3 Å². The van der Waals surface area contributed by atoms with Gasteiger partial charge in [0.2, 0.25) is 5.91 Å². The lowest BCUT2D eigenvalue weighted by atomic mass is 9.97. The van der Waals surface area contributed by atoms with E-state index in [1.807, 2.05) is 19.9 Å². The molecule has 2 rings (SSSR count). The number of hydrogen-bond acceptors (Lipinski definition) is 4. The summed E-state index contributed by atoms with van der Waals surface area (Å²) in [6.45, 7) is 3.75. The molecule has 0 saturated heterocycles. The smallest absolute Gasteiger partial charge is 0.330 e. The highest BCUT2D eigenvalue weighted by molar-refractivity contribution is 5.86. The molecule has 6 heteroatoms. The van der Waals surface area contributed by atoms with Crippen molar-refractivity contribution < 1.29 is 24.2 Å². The molecule has 2 aromatic rings. The number of aliphatic carboxylic acids is 1. The number of rotatable bonds is 7. The molecule has 0 bridgehead atoms. The third kappa shape index (κ3) is 4.33. The van der Waals surface area contributed by atoms with Crippen LogP contribution in [0.2, 0.25) is 0 Å². The monoisotopic (exact) mass is 357 g/mol. The van der Waals surface area contributed by atoms with Gasteiger partial charge in [0, 0.05) is 0 Å². The molecule has 0 saturated carbocycles. The fraction of sp³-hybridized carbons (Fsp3) is 0.300. The van der Waals surface area contributed by atoms with Crippen LogP contribution in [0.4, 0.5) is 0 Å². The van der Waals surface area contributed by atoms with Crippen LogP contribution in [0.5, 0.6) is 11.5 Å². The largest absolute Gasteiger partial charge is 0.493 e. The Balaban J connectivity index is 2.18. The Hall–Kier alpha value is -3.02. The summed E-state index contributed by atoms with van der Waals surface area (Å²) in [5.74, 6) is -0.401. The SMILES string of the molecule is COc1ccc(CC(=O)NC(C(=O)O)c2cccc(C)c2C)cc1OC. The van der Waals surface area contributed by atoms with E-state index in [-0.39, 0.29) is 12.3 Å². The molecule has 138 valence electrons. The Morgan fingerprint density at radius 3 is 2.38 bits per heavy atom. The van der Waals surface area contributed by atoms with Gasteiger partial charge in [0.05, 0.1) is 20.6 Å². The summed E-state index contributed by atoms with van der Waals surface area (Å²) in [5.41, 5.74) is 3.11. The van der Waals surface area contributed by atoms with E-state index >= 15 is 0 Å². The summed E-state index contributed by atoms with van der Waals surface area (Å²) in [6, 6.07) is 9.47. The number of amides is 1. The van der Waals surface area contributed by atoms with Crippen molar-refractivity contribution in [1.82, 2.24) is 5.32 Å². The lowest BCUT2D eigenvalue weighted by Crippen LogP contribution is -2.35. The van der Waals surface area contributed by atoms with Crippen LogP contribution in [-0.2, 0) is 16.0 Å². The maximum Gasteiger partial charge on any atom is 0.330 e. The second-order valence-corrected chi connectivity index (χ2v) is 5.99. The van der Waals surface area contributed by atoms with Gasteiger partial charge in [0.15, 0.2) is 17.5 Å². The van der Waals surface area contributed by atoms with E-state index in [9.17, 15) is 14.7 Å². The van der Waals surface area contributed by atoms with E-state index < -0.39 is 12.0 Å². The molecule has 2 N–H and O–H groups in total. The number of carboxylic acids is 1. The second-order valence-electron chi connectivity index (χ2n) is 5.99. The van der Waals surface area contributed by atoms with Crippen molar-refractivity contribution in [3.63, 3.8) is 0 Å². The summed E-state index contributed by atoms with van der Waals surface area (Å²) < 4.78 is 10.4. The predicted molar refractivity (Wildman–Crippen MR) is 97.7 cm³/mol. The number of carboxylic acid groups (broad SMARTS) is 1. The van der Waals surface area contributed by atoms with Gasteiger partial charge < -0.3 is 19.9 Å². The fourth-order valence-corrected chi connectivity index (χ4v) is 2.75. The maximum atomic E-state index is 12.4. The van der Waals surface area contributed by atoms with E-state index in [4.69, 9.17) is 9.47 Å². The molecule has 26 heavy (non-hydrogen) atoms. The van der Waals surface area contributed by atoms with Crippen molar-refractivity contribution in [1.29, 1.82) is 0 Å². The van der Waals surface area contributed by atoms with Crippen LogP contribution in [0.15, 0.2) is 36.4 Å². The maximum absolute atomic E-state index is 12.4. The molecule has 1 atom stereocenters. The first kappa shape index (κ1) is 19.3. The van der Waals surface area contributed by atoms with Gasteiger partial charge in [0.25, 0.3) is 0 Å². The summed E-state index contributed by atoms with van der Waals surface area (Å²) in [6.07, 6.45) is 0.0367. The Bertz CT molecular complexity index is 816. The van der Waals surface area contributed by atoms with E-state index in [2.05, 4.69) is 5.32 Å². The minimum absolute atomic E-state index is 0.0367. The van der Waals surface area contributed by atoms with E-state index in [0.29, 0.717) is 22.6 Å². The molecule has 0 radical (unpaired) electrons. The van der Waals surface area contributed by atoms with Crippen LogP contribution < -0.4 is 14.8 Å². The highest BCUT2D eigenvalue weighted by Gasteiger charge is 2.24. The molecule has 0 aliphatic rings. The van der Waals surface area contributed by atoms with E-state index in [1.54, 1.807) is 30.3 Å². The van der Waals surface area contributed by atoms with E-state index in [0.717, 1.165) is 11.1 Å². The topological polar surface area (TPSA) is 84.9 Å². The minimum Gasteiger partial charge on any atom is -0.493 e. The Labute approximate surface area is 152 Å². The normalized spacial score (nSPS) is 11.5. The lowest BCUT2D eigenvalue weighted by molar-refractivity contribution is -0.142. The van der Waals surface area contributed by atoms with Gasteiger partial charge in [-0.2, -0.15) is 0 Å². The lowest BCUT2D eigenvalue weighted by Gasteiger charge is -2.18. The van der Waals surface area contributed by atoms with Crippen LogP contribution in [0.1, 0.15) is 28.3 Å². The minimum atomic E-state index is -1.10. The number of methoxy groups -OCH3 is 2. The van der Waals surface area contributed by atoms with E-state index in [1.165, 1.54) is 14.2 Å². The standard InChI is InChI=1S/C20H23NO5/c1-12-6-5-7-15(13(12)2)19(20(23)24)21-18(22)11-14-8-9-16(25-3)17(10-14)26-4/h5-10,19H,11H2,1-4H3,(H,21,22)(H,23,24). The predicted octanol–water partition coefficient (Wildman–Crippen LogP) is 2.81. The highest BCUT2D eigenvalue weighted by atomic mass is 16.5. The molecule has 1 unspecified atom stereocenters. The van der Waals surface area contributed by atoms with Crippen LogP contribution in [-0.4, -0.2) is 31.2 Å². The molecule has 0 heterocycles. The molecule has 0 aliphatic heterocycles. The van der Waals surface area contributed by atoms with Crippen molar-refractivity contribution >= 4 is 11.9 Å². The molecule has 2 aromatic carbocycles. The number of carbonyl (C=O) groups excluding carboxylic acids is 1. The molecule has 0 fully saturated rings. The number of ether oxygens (including phenoxy) is 2. The zero-order chi connectivity index (χ0) is 19.3. The van der Waals surface area contributed by atoms with Crippen LogP contribution >= 0.6 is 0 Å². The number of hydrogen-bond donors (Lipinski definition) is 2. The van der Waals surface area contributed by atoms with Gasteiger partial charge in [-0.05, 0) is 48.2 Å². The third-order valence-corrected chi connectivity index (χ3v) is 4.32. The van der Waals surface area contributed by atoms with Gasteiger partial charge in [-0.15, -0.1) is 0 Å². The number of nitrogens with one attached hydrogen (secondary N) is 1. The molecular formula is C20H23NO5. The molecular weight excluding hydrogens is 334 g/mol. The first-order valence-electron chi connectivity index (χ1n) is 8.16. The Kier molecular flexibility index (Phi) is 6.22. The van der Waals surface area contributed by atoms with Gasteiger partial charge in [-0.25, -0.2) is 4.79 Å². The average Bonchev–Trinajstić information content (AvgIpc) is 2.62. The number of benzene rings is 2. The summed E-state index contributed by atoms with van der Waals surface area (Å²) in [4.78, 5) is 24.1. The second kappa shape index (κ2) is 8.38. The first-order valence-corrected chi connectivity index (χ1v) is 8.16. The third-order valence-electron chi connectivity index (χ3n) is 4.32. The summed E-state index contributed by atoms with van der Waals surface area (Å²) in [7, 11) is 3.05. The Morgan fingerprint density at radius 1 is 1.08 bits per heavy atom. The zero-order valence-electron chi connectivity index (χ0n) is 15.3. The quantitative estimate of drug-likeness (QED) is 0.796. The highest BCUT2D eigenvalue weighted by Crippen LogP contribution is 2.28. The zero-order valence-corrected chi connectivity index (χ0v) is 15.3. The van der Waals surface area contributed by atoms with Gasteiger partial charge >= 0.3 is 5.97 Å². The molecule has 1 amide bonds. The number of aryl methyl sites for hydroxylation is 1. The molecule has 0 spiro atoms. The van der Waals surface area contributed by atoms with Crippen LogP contribution in [0.3, 0.4) is 0 Å². The molecule has 0 aromatic heterocycles. The average molecular weight is 357 g/mol.